The van der Waals surface area contributed by atoms with Crippen molar-refractivity contribution in [2.24, 2.45) is 0 Å². The second kappa shape index (κ2) is 5.71. The molecule has 3 heteroatoms. The average molecular weight is 287 g/mol. The Hall–Kier alpha value is -3.12. The lowest BCUT2D eigenvalue weighted by atomic mass is 10.0. The number of carbonyl (C=O) groups is 1. The number of ether oxygens (including phenoxy) is 1. The summed E-state index contributed by atoms with van der Waals surface area (Å²) in [6, 6.07) is 18.7. The van der Waals surface area contributed by atoms with Crippen molar-refractivity contribution in [3.63, 3.8) is 0 Å². The van der Waals surface area contributed by atoms with Gasteiger partial charge in [0.15, 0.2) is 0 Å². The maximum atomic E-state index is 10.8. The molecule has 0 spiro atoms. The standard InChI is InChI=1S/C19H13NO2/c1-13-10-14(12-21)6-8-18(13)22-19-9-7-15(11-20)16-4-2-3-5-17(16)19/h2-10,12H,1H3. The Bertz CT molecular complexity index is 907. The molecule has 0 atom stereocenters. The van der Waals surface area contributed by atoms with Gasteiger partial charge >= 0.3 is 0 Å². The summed E-state index contributed by atoms with van der Waals surface area (Å²) >= 11 is 0. The van der Waals surface area contributed by atoms with E-state index in [0.717, 1.165) is 22.6 Å². The zero-order valence-corrected chi connectivity index (χ0v) is 12.0. The maximum Gasteiger partial charge on any atom is 0.150 e. The van der Waals surface area contributed by atoms with Crippen molar-refractivity contribution in [1.29, 1.82) is 5.26 Å². The van der Waals surface area contributed by atoms with Crippen molar-refractivity contribution in [1.82, 2.24) is 0 Å². The van der Waals surface area contributed by atoms with Crippen LogP contribution >= 0.6 is 0 Å². The lowest BCUT2D eigenvalue weighted by Crippen LogP contribution is -1.91. The van der Waals surface area contributed by atoms with E-state index in [9.17, 15) is 10.1 Å². The summed E-state index contributed by atoms with van der Waals surface area (Å²) in [7, 11) is 0. The first-order chi connectivity index (χ1) is 10.7. The van der Waals surface area contributed by atoms with Crippen LogP contribution < -0.4 is 4.74 Å². The van der Waals surface area contributed by atoms with E-state index in [1.807, 2.05) is 31.2 Å². The third-order valence-corrected chi connectivity index (χ3v) is 3.56. The van der Waals surface area contributed by atoms with Crippen molar-refractivity contribution in [2.75, 3.05) is 0 Å². The molecule has 3 rings (SSSR count). The Balaban J connectivity index is 2.09. The number of hydrogen-bond donors (Lipinski definition) is 0. The van der Waals surface area contributed by atoms with Crippen LogP contribution in [0.3, 0.4) is 0 Å². The van der Waals surface area contributed by atoms with Gasteiger partial charge in [0.2, 0.25) is 0 Å². The van der Waals surface area contributed by atoms with Gasteiger partial charge in [0.25, 0.3) is 0 Å². The predicted octanol–water partition coefficient (Wildman–Crippen LogP) is 4.62. The first-order valence-electron chi connectivity index (χ1n) is 6.88. The summed E-state index contributed by atoms with van der Waals surface area (Å²) in [5.41, 5.74) is 2.13. The number of hydrogen-bond acceptors (Lipinski definition) is 3. The highest BCUT2D eigenvalue weighted by atomic mass is 16.5. The second-order valence-corrected chi connectivity index (χ2v) is 5.01. The molecule has 0 radical (unpaired) electrons. The first kappa shape index (κ1) is 13.8. The zero-order valence-electron chi connectivity index (χ0n) is 12.0. The van der Waals surface area contributed by atoms with E-state index in [4.69, 9.17) is 4.74 Å². The zero-order chi connectivity index (χ0) is 15.5. The van der Waals surface area contributed by atoms with Crippen LogP contribution in [0.4, 0.5) is 0 Å². The maximum absolute atomic E-state index is 10.8. The van der Waals surface area contributed by atoms with Crippen molar-refractivity contribution in [3.8, 4) is 17.6 Å². The molecule has 0 aliphatic rings. The molecule has 0 aromatic heterocycles. The Morgan fingerprint density at radius 3 is 2.41 bits per heavy atom. The number of aldehydes is 1. The molecule has 0 saturated carbocycles. The molecule has 22 heavy (non-hydrogen) atoms. The molecule has 0 unspecified atom stereocenters. The largest absolute Gasteiger partial charge is 0.456 e. The van der Waals surface area contributed by atoms with Crippen LogP contribution in [0.2, 0.25) is 0 Å². The molecular weight excluding hydrogens is 274 g/mol. The van der Waals surface area contributed by atoms with Gasteiger partial charge in [-0.2, -0.15) is 5.26 Å². The molecule has 0 heterocycles. The molecule has 0 fully saturated rings. The van der Waals surface area contributed by atoms with Crippen LogP contribution in [0.25, 0.3) is 10.8 Å². The molecule has 3 nitrogen and oxygen atoms in total. The summed E-state index contributed by atoms with van der Waals surface area (Å²) in [5.74, 6) is 1.39. The summed E-state index contributed by atoms with van der Waals surface area (Å²) < 4.78 is 6.00. The minimum atomic E-state index is 0.620. The van der Waals surface area contributed by atoms with Gasteiger partial charge in [0.05, 0.1) is 11.6 Å². The van der Waals surface area contributed by atoms with Gasteiger partial charge in [-0.3, -0.25) is 4.79 Å². The summed E-state index contributed by atoms with van der Waals surface area (Å²) in [6.45, 7) is 1.90. The van der Waals surface area contributed by atoms with Crippen LogP contribution in [0.1, 0.15) is 21.5 Å². The topological polar surface area (TPSA) is 50.1 Å². The van der Waals surface area contributed by atoms with Crippen LogP contribution in [-0.4, -0.2) is 6.29 Å². The van der Waals surface area contributed by atoms with Gasteiger partial charge in [-0.15, -0.1) is 0 Å². The Kier molecular flexibility index (Phi) is 3.59. The SMILES string of the molecule is Cc1cc(C=O)ccc1Oc1ccc(C#N)c2ccccc12. The number of benzene rings is 3. The highest BCUT2D eigenvalue weighted by Gasteiger charge is 2.09. The lowest BCUT2D eigenvalue weighted by molar-refractivity contribution is 0.112. The minimum absolute atomic E-state index is 0.620. The third-order valence-electron chi connectivity index (χ3n) is 3.56. The fourth-order valence-corrected chi connectivity index (χ4v) is 2.44. The fraction of sp³-hybridized carbons (Fsp3) is 0.0526. The molecule has 3 aromatic rings. The van der Waals surface area contributed by atoms with Crippen LogP contribution in [0.5, 0.6) is 11.5 Å². The third kappa shape index (κ3) is 2.43. The van der Waals surface area contributed by atoms with E-state index in [2.05, 4.69) is 6.07 Å². The van der Waals surface area contributed by atoms with E-state index < -0.39 is 0 Å². The molecule has 0 aliphatic heterocycles. The van der Waals surface area contributed by atoms with Gasteiger partial charge in [0.1, 0.15) is 17.8 Å². The van der Waals surface area contributed by atoms with Crippen LogP contribution in [0.15, 0.2) is 54.6 Å². The van der Waals surface area contributed by atoms with E-state index in [1.165, 1.54) is 0 Å². The summed E-state index contributed by atoms with van der Waals surface area (Å²) in [6.07, 6.45) is 0.813. The molecule has 0 bridgehead atoms. The Labute approximate surface area is 128 Å². The van der Waals surface area contributed by atoms with Gasteiger partial charge in [-0.25, -0.2) is 0 Å². The number of nitriles is 1. The predicted molar refractivity (Wildman–Crippen MR) is 85.3 cm³/mol. The number of nitrogens with zero attached hydrogens (tertiary/aromatic N) is 1. The second-order valence-electron chi connectivity index (χ2n) is 5.01. The number of aryl methyl sites for hydroxylation is 1. The Morgan fingerprint density at radius 2 is 1.73 bits per heavy atom. The van der Waals surface area contributed by atoms with Crippen molar-refractivity contribution < 1.29 is 9.53 Å². The minimum Gasteiger partial charge on any atom is -0.456 e. The molecule has 0 N–H and O–H groups in total. The van der Waals surface area contributed by atoms with Crippen LogP contribution in [0, 0.1) is 18.3 Å². The smallest absolute Gasteiger partial charge is 0.150 e. The lowest BCUT2D eigenvalue weighted by Gasteiger charge is -2.12. The normalized spacial score (nSPS) is 10.2. The number of rotatable bonds is 3. The van der Waals surface area contributed by atoms with Gasteiger partial charge < -0.3 is 4.74 Å². The van der Waals surface area contributed by atoms with E-state index in [-0.39, 0.29) is 0 Å². The van der Waals surface area contributed by atoms with Crippen molar-refractivity contribution in [2.45, 2.75) is 6.92 Å². The molecule has 3 aromatic carbocycles. The van der Waals surface area contributed by atoms with Gasteiger partial charge in [0, 0.05) is 16.3 Å². The Morgan fingerprint density at radius 1 is 1.00 bits per heavy atom. The molecular formula is C19H13NO2. The van der Waals surface area contributed by atoms with E-state index >= 15 is 0 Å². The molecule has 0 amide bonds. The van der Waals surface area contributed by atoms with Crippen molar-refractivity contribution >= 4 is 17.1 Å². The van der Waals surface area contributed by atoms with Gasteiger partial charge in [-0.1, -0.05) is 24.3 Å². The highest BCUT2D eigenvalue weighted by Crippen LogP contribution is 2.33. The van der Waals surface area contributed by atoms with Gasteiger partial charge in [-0.05, 0) is 42.8 Å². The molecule has 0 aliphatic carbocycles. The molecule has 106 valence electrons. The number of fused-ring (bicyclic) bond motifs is 1. The highest BCUT2D eigenvalue weighted by molar-refractivity contribution is 5.93. The molecule has 0 saturated heterocycles. The first-order valence-corrected chi connectivity index (χ1v) is 6.88. The van der Waals surface area contributed by atoms with E-state index in [1.54, 1.807) is 30.3 Å². The summed E-state index contributed by atoms with van der Waals surface area (Å²) in [5, 5.41) is 10.9. The fourth-order valence-electron chi connectivity index (χ4n) is 2.44. The summed E-state index contributed by atoms with van der Waals surface area (Å²) in [4.78, 5) is 10.8. The van der Waals surface area contributed by atoms with Crippen molar-refractivity contribution in [3.05, 3.63) is 71.3 Å². The monoisotopic (exact) mass is 287 g/mol. The quantitative estimate of drug-likeness (QED) is 0.660. The average Bonchev–Trinajstić information content (AvgIpc) is 2.56. The van der Waals surface area contributed by atoms with Crippen LogP contribution in [-0.2, 0) is 0 Å². The van der Waals surface area contributed by atoms with E-state index in [0.29, 0.717) is 22.6 Å². The number of carbonyl (C=O) groups excluding carboxylic acids is 1.